The highest BCUT2D eigenvalue weighted by molar-refractivity contribution is 5.80. The predicted octanol–water partition coefficient (Wildman–Crippen LogP) is 2.02. The van der Waals surface area contributed by atoms with Crippen LogP contribution >= 0.6 is 0 Å². The molecule has 0 spiro atoms. The molecular formula is C17H28N2O2. The Bertz CT molecular complexity index is 452. The zero-order valence-corrected chi connectivity index (χ0v) is 13.5. The molecule has 0 saturated carbocycles. The molecule has 0 radical (unpaired) electrons. The van der Waals surface area contributed by atoms with Gasteiger partial charge in [-0.3, -0.25) is 4.79 Å². The molecule has 1 aromatic carbocycles. The lowest BCUT2D eigenvalue weighted by atomic mass is 9.92. The largest absolute Gasteiger partial charge is 0.387 e. The van der Waals surface area contributed by atoms with Gasteiger partial charge in [0.2, 0.25) is 5.91 Å². The second-order valence-corrected chi connectivity index (χ2v) is 6.73. The number of primary amides is 1. The monoisotopic (exact) mass is 292 g/mol. The van der Waals surface area contributed by atoms with Gasteiger partial charge in [0.15, 0.2) is 0 Å². The maximum absolute atomic E-state index is 11.2. The molecule has 0 aliphatic rings. The third kappa shape index (κ3) is 5.86. The second-order valence-electron chi connectivity index (χ2n) is 6.73. The number of carbonyl (C=O) groups excluding carboxylic acids is 1. The Hall–Kier alpha value is -1.39. The van der Waals surface area contributed by atoms with Crippen LogP contribution in [0.2, 0.25) is 0 Å². The van der Waals surface area contributed by atoms with Gasteiger partial charge in [0.1, 0.15) is 0 Å². The Kier molecular flexibility index (Phi) is 6.37. The van der Waals surface area contributed by atoms with E-state index in [1.807, 2.05) is 12.1 Å². The molecule has 1 amide bonds. The zero-order valence-electron chi connectivity index (χ0n) is 13.5. The van der Waals surface area contributed by atoms with Gasteiger partial charge in [0, 0.05) is 13.1 Å². The van der Waals surface area contributed by atoms with Crippen molar-refractivity contribution in [2.75, 3.05) is 13.1 Å². The van der Waals surface area contributed by atoms with E-state index in [0.29, 0.717) is 19.0 Å². The first-order chi connectivity index (χ1) is 9.72. The summed E-state index contributed by atoms with van der Waals surface area (Å²) >= 11 is 0. The van der Waals surface area contributed by atoms with Gasteiger partial charge in [-0.15, -0.1) is 0 Å². The zero-order chi connectivity index (χ0) is 16.0. The Morgan fingerprint density at radius 3 is 2.33 bits per heavy atom. The van der Waals surface area contributed by atoms with Gasteiger partial charge in [0.05, 0.1) is 11.5 Å². The summed E-state index contributed by atoms with van der Waals surface area (Å²) in [5, 5.41) is 13.3. The molecule has 1 aromatic rings. The minimum Gasteiger partial charge on any atom is -0.387 e. The third-order valence-corrected chi connectivity index (χ3v) is 3.58. The minimum absolute atomic E-state index is 0.345. The smallest absolute Gasteiger partial charge is 0.224 e. The highest BCUT2D eigenvalue weighted by atomic mass is 16.3. The Balaban J connectivity index is 2.49. The summed E-state index contributed by atoms with van der Waals surface area (Å²) in [6.07, 6.45) is 0.461. The van der Waals surface area contributed by atoms with Crippen molar-refractivity contribution in [3.8, 4) is 0 Å². The van der Waals surface area contributed by atoms with Crippen LogP contribution in [-0.2, 0) is 11.2 Å². The lowest BCUT2D eigenvalue weighted by molar-refractivity contribution is -0.125. The molecule has 1 unspecified atom stereocenters. The molecule has 0 heterocycles. The SMILES string of the molecule is CC(C)Cc1ccc(C(O)CNCC(C)(C)C(N)=O)cc1. The van der Waals surface area contributed by atoms with E-state index in [2.05, 4.69) is 31.3 Å². The maximum Gasteiger partial charge on any atom is 0.224 e. The van der Waals surface area contributed by atoms with E-state index in [1.165, 1.54) is 5.56 Å². The highest BCUT2D eigenvalue weighted by Crippen LogP contribution is 2.16. The summed E-state index contributed by atoms with van der Waals surface area (Å²) in [7, 11) is 0. The van der Waals surface area contributed by atoms with Crippen LogP contribution in [0.25, 0.3) is 0 Å². The number of nitrogens with two attached hydrogens (primary N) is 1. The molecular weight excluding hydrogens is 264 g/mol. The van der Waals surface area contributed by atoms with Crippen LogP contribution in [0.4, 0.5) is 0 Å². The van der Waals surface area contributed by atoms with E-state index in [4.69, 9.17) is 5.73 Å². The van der Waals surface area contributed by atoms with E-state index in [1.54, 1.807) is 13.8 Å². The number of carbonyl (C=O) groups is 1. The van der Waals surface area contributed by atoms with Crippen LogP contribution in [-0.4, -0.2) is 24.1 Å². The number of nitrogens with one attached hydrogen (secondary N) is 1. The number of benzene rings is 1. The molecule has 118 valence electrons. The number of aliphatic hydroxyl groups is 1. The van der Waals surface area contributed by atoms with Crippen LogP contribution in [0.1, 0.15) is 44.9 Å². The molecule has 4 heteroatoms. The molecule has 4 nitrogen and oxygen atoms in total. The summed E-state index contributed by atoms with van der Waals surface area (Å²) in [5.74, 6) is 0.279. The van der Waals surface area contributed by atoms with Crippen molar-refractivity contribution in [1.29, 1.82) is 0 Å². The van der Waals surface area contributed by atoms with Crippen LogP contribution in [0.3, 0.4) is 0 Å². The summed E-state index contributed by atoms with van der Waals surface area (Å²) in [6, 6.07) is 8.05. The van der Waals surface area contributed by atoms with Crippen molar-refractivity contribution in [3.05, 3.63) is 35.4 Å². The summed E-state index contributed by atoms with van der Waals surface area (Å²) in [6.45, 7) is 8.80. The van der Waals surface area contributed by atoms with E-state index in [0.717, 1.165) is 12.0 Å². The first kappa shape index (κ1) is 17.7. The van der Waals surface area contributed by atoms with E-state index >= 15 is 0 Å². The average molecular weight is 292 g/mol. The van der Waals surface area contributed by atoms with E-state index < -0.39 is 11.5 Å². The van der Waals surface area contributed by atoms with Crippen molar-refractivity contribution in [3.63, 3.8) is 0 Å². The first-order valence-corrected chi connectivity index (χ1v) is 7.50. The Morgan fingerprint density at radius 1 is 1.29 bits per heavy atom. The topological polar surface area (TPSA) is 75.3 Å². The lowest BCUT2D eigenvalue weighted by Gasteiger charge is -2.22. The number of amides is 1. The summed E-state index contributed by atoms with van der Waals surface area (Å²) in [5.41, 5.74) is 6.87. The van der Waals surface area contributed by atoms with Crippen molar-refractivity contribution in [2.45, 2.75) is 40.2 Å². The van der Waals surface area contributed by atoms with Gasteiger partial charge in [-0.25, -0.2) is 0 Å². The number of rotatable bonds is 8. The lowest BCUT2D eigenvalue weighted by Crippen LogP contribution is -2.41. The van der Waals surface area contributed by atoms with Crippen LogP contribution in [0, 0.1) is 11.3 Å². The highest BCUT2D eigenvalue weighted by Gasteiger charge is 2.24. The second kappa shape index (κ2) is 7.57. The van der Waals surface area contributed by atoms with Gasteiger partial charge in [-0.05, 0) is 37.3 Å². The molecule has 0 bridgehead atoms. The predicted molar refractivity (Wildman–Crippen MR) is 85.8 cm³/mol. The summed E-state index contributed by atoms with van der Waals surface area (Å²) < 4.78 is 0. The number of hydrogen-bond donors (Lipinski definition) is 3. The fraction of sp³-hybridized carbons (Fsp3) is 0.588. The number of hydrogen-bond acceptors (Lipinski definition) is 3. The molecule has 0 aliphatic heterocycles. The summed E-state index contributed by atoms with van der Waals surface area (Å²) in [4.78, 5) is 11.2. The van der Waals surface area contributed by atoms with Crippen LogP contribution < -0.4 is 11.1 Å². The van der Waals surface area contributed by atoms with Gasteiger partial charge in [-0.2, -0.15) is 0 Å². The normalized spacial score (nSPS) is 13.4. The Labute approximate surface area is 127 Å². The maximum atomic E-state index is 11.2. The third-order valence-electron chi connectivity index (χ3n) is 3.58. The molecule has 0 fully saturated rings. The fourth-order valence-electron chi connectivity index (χ4n) is 2.07. The number of aliphatic hydroxyl groups excluding tert-OH is 1. The molecule has 1 rings (SSSR count). The van der Waals surface area contributed by atoms with Gasteiger partial charge in [0.25, 0.3) is 0 Å². The Morgan fingerprint density at radius 2 is 1.86 bits per heavy atom. The van der Waals surface area contributed by atoms with Crippen molar-refractivity contribution in [2.24, 2.45) is 17.1 Å². The van der Waals surface area contributed by atoms with Gasteiger partial charge < -0.3 is 16.2 Å². The van der Waals surface area contributed by atoms with Gasteiger partial charge >= 0.3 is 0 Å². The first-order valence-electron chi connectivity index (χ1n) is 7.50. The van der Waals surface area contributed by atoms with E-state index in [-0.39, 0.29) is 5.91 Å². The molecule has 0 saturated heterocycles. The molecule has 0 aromatic heterocycles. The van der Waals surface area contributed by atoms with E-state index in [9.17, 15) is 9.90 Å². The quantitative estimate of drug-likeness (QED) is 0.686. The van der Waals surface area contributed by atoms with Crippen LogP contribution in [0.5, 0.6) is 0 Å². The van der Waals surface area contributed by atoms with Crippen molar-refractivity contribution >= 4 is 5.91 Å². The van der Waals surface area contributed by atoms with Crippen molar-refractivity contribution in [1.82, 2.24) is 5.32 Å². The standard InChI is InChI=1S/C17H28N2O2/c1-12(2)9-13-5-7-14(8-6-13)15(20)10-19-11-17(3,4)16(18)21/h5-8,12,15,19-20H,9-11H2,1-4H3,(H2,18,21). The average Bonchev–Trinajstić information content (AvgIpc) is 2.38. The molecule has 21 heavy (non-hydrogen) atoms. The van der Waals surface area contributed by atoms with Crippen LogP contribution in [0.15, 0.2) is 24.3 Å². The van der Waals surface area contributed by atoms with Gasteiger partial charge in [-0.1, -0.05) is 38.1 Å². The molecule has 0 aliphatic carbocycles. The minimum atomic E-state index is -0.610. The fourth-order valence-corrected chi connectivity index (χ4v) is 2.07. The molecule has 1 atom stereocenters. The molecule has 4 N–H and O–H groups in total. The van der Waals surface area contributed by atoms with Crippen molar-refractivity contribution < 1.29 is 9.90 Å².